The molecule has 44 heteroatoms. The van der Waals surface area contributed by atoms with Crippen LogP contribution in [0.2, 0.25) is 0 Å². The number of aromatic nitrogens is 10. The van der Waals surface area contributed by atoms with Gasteiger partial charge in [-0.1, -0.05) is 18.3 Å². The number of aliphatic hydroxyl groups excluding tert-OH is 3. The van der Waals surface area contributed by atoms with Gasteiger partial charge in [-0.25, -0.2) is 51.1 Å². The number of anilines is 2. The molecule has 3 aliphatic rings. The van der Waals surface area contributed by atoms with Gasteiger partial charge in [0.2, 0.25) is 21.8 Å². The number of nitrogens with zero attached hydrogens (tertiary/aromatic N) is 8. The van der Waals surface area contributed by atoms with Crippen molar-refractivity contribution in [3.63, 3.8) is 0 Å². The van der Waals surface area contributed by atoms with Gasteiger partial charge < -0.3 is 74.4 Å². The van der Waals surface area contributed by atoms with Gasteiger partial charge in [-0.15, -0.1) is 0 Å². The van der Waals surface area contributed by atoms with Gasteiger partial charge in [-0.3, -0.25) is 46.9 Å². The Bertz CT molecular complexity index is 3590. The molecule has 5 aromatic rings. The van der Waals surface area contributed by atoms with Crippen LogP contribution in [0.5, 0.6) is 0 Å². The maximum atomic E-state index is 13.5. The van der Waals surface area contributed by atoms with E-state index in [9.17, 15) is 76.0 Å². The summed E-state index contributed by atoms with van der Waals surface area (Å²) in [5.41, 5.74) is 8.96. The Morgan fingerprint density at radius 1 is 0.850 bits per heavy atom. The summed E-state index contributed by atoms with van der Waals surface area (Å²) in [5.74, 6) is -2.11. The van der Waals surface area contributed by atoms with E-state index in [4.69, 9.17) is 48.5 Å². The lowest BCUT2D eigenvalue weighted by Crippen LogP contribution is -2.46. The number of ether oxygens (including phenoxy) is 4. The molecule has 0 amide bonds. The molecule has 444 valence electrons. The van der Waals surface area contributed by atoms with Crippen molar-refractivity contribution < 1.29 is 112 Å². The number of aliphatic hydroxyl groups is 3. The van der Waals surface area contributed by atoms with Gasteiger partial charge in [0.15, 0.2) is 30.2 Å². The number of fused-ring (bicyclic) bond motifs is 2. The molecule has 0 saturated carbocycles. The second-order valence-corrected chi connectivity index (χ2v) is 25.8. The SMILES string of the molecule is CCCCS(=O)(=O)NC[C@H]1[C@@H](O)[C@H]([n+]2cn(C)c3c(=O)[nH]c(N)nc32)O[C@@H]1COP(=O)(O)OP(=O)(O)OP(=O)(O)OCC1O[C@@H](n2cnc3c(N)ncnc32)[C@H](OC)[C@@H]1OP(=O)([O-])OC[C@H]1O[C@@H](n2ccc(=O)[nH]c2=O)[C@H](O)[C@@H]1O. The number of rotatable bonds is 25. The van der Waals surface area contributed by atoms with E-state index in [0.29, 0.717) is 11.0 Å². The topological polar surface area (TPSA) is 556 Å². The molecule has 3 saturated heterocycles. The fraction of sp³-hybridized carbons (Fsp3) is 0.611. The summed E-state index contributed by atoms with van der Waals surface area (Å²) in [5, 5.41) is 32.8. The molecule has 16 atom stereocenters. The van der Waals surface area contributed by atoms with Gasteiger partial charge >= 0.3 is 34.8 Å². The maximum absolute atomic E-state index is 13.5. The lowest BCUT2D eigenvalue weighted by Gasteiger charge is -2.31. The Morgan fingerprint density at radius 3 is 2.17 bits per heavy atom. The minimum atomic E-state index is -6.29. The molecule has 5 unspecified atom stereocenters. The number of phosphoric ester groups is 3. The lowest BCUT2D eigenvalue weighted by molar-refractivity contribution is -0.745. The number of hydrogen-bond acceptors (Lipinski definition) is 29. The molecule has 80 heavy (non-hydrogen) atoms. The van der Waals surface area contributed by atoms with Gasteiger partial charge in [0, 0.05) is 31.8 Å². The molecule has 13 N–H and O–H groups in total. The van der Waals surface area contributed by atoms with Gasteiger partial charge in [0.25, 0.3) is 24.9 Å². The van der Waals surface area contributed by atoms with Crippen LogP contribution in [-0.4, -0.2) is 170 Å². The zero-order chi connectivity index (χ0) is 58.4. The maximum Gasteiger partial charge on any atom is 0.490 e. The molecule has 3 aliphatic heterocycles. The monoisotopic (exact) mass is 1240 g/mol. The van der Waals surface area contributed by atoms with Crippen molar-refractivity contribution in [3.05, 3.63) is 62.4 Å². The van der Waals surface area contributed by atoms with Gasteiger partial charge in [0.05, 0.1) is 45.1 Å². The molecule has 8 heterocycles. The van der Waals surface area contributed by atoms with Gasteiger partial charge in [-0.2, -0.15) is 8.62 Å². The van der Waals surface area contributed by atoms with E-state index < -0.39 is 158 Å². The highest BCUT2D eigenvalue weighted by atomic mass is 32.2. The van der Waals surface area contributed by atoms with E-state index in [2.05, 4.69) is 38.3 Å². The number of nitrogens with two attached hydrogens (primary N) is 2. The number of hydrogen-bond donors (Lipinski definition) is 11. The van der Waals surface area contributed by atoms with Crippen LogP contribution in [0.1, 0.15) is 38.4 Å². The number of nitrogen functional groups attached to an aromatic ring is 2. The zero-order valence-corrected chi connectivity index (χ0v) is 45.9. The van der Waals surface area contributed by atoms with Crippen molar-refractivity contribution in [2.75, 3.05) is 50.7 Å². The Labute approximate surface area is 447 Å². The van der Waals surface area contributed by atoms with Crippen LogP contribution in [0.25, 0.3) is 22.3 Å². The summed E-state index contributed by atoms with van der Waals surface area (Å²) in [7, 11) is -25.5. The molecule has 0 aliphatic carbocycles. The summed E-state index contributed by atoms with van der Waals surface area (Å²) in [6.07, 6.45) is -13.8. The summed E-state index contributed by atoms with van der Waals surface area (Å²) in [6.45, 7) is -2.39. The molecule has 3 fully saturated rings. The molecule has 5 aromatic heterocycles. The van der Waals surface area contributed by atoms with E-state index in [1.165, 1.54) is 17.9 Å². The normalized spacial score (nSPS) is 29.4. The third kappa shape index (κ3) is 13.7. The Hall–Kier alpha value is -4.67. The van der Waals surface area contributed by atoms with Crippen LogP contribution in [0.15, 0.2) is 45.6 Å². The number of nitrogens with one attached hydrogen (secondary N) is 3. The Kier molecular flexibility index (Phi) is 18.3. The highest BCUT2D eigenvalue weighted by Crippen LogP contribution is 2.68. The summed E-state index contributed by atoms with van der Waals surface area (Å²) in [6, 6.07) is 0.907. The Morgan fingerprint density at radius 2 is 1.51 bits per heavy atom. The first kappa shape index (κ1) is 61.4. The van der Waals surface area contributed by atoms with E-state index in [1.807, 2.05) is 4.98 Å². The minimum Gasteiger partial charge on any atom is -0.756 e. The summed E-state index contributed by atoms with van der Waals surface area (Å²) < 4.78 is 137. The fourth-order valence-corrected chi connectivity index (χ4v) is 14.5. The van der Waals surface area contributed by atoms with Gasteiger partial charge in [-0.05, 0) is 6.42 Å². The van der Waals surface area contributed by atoms with Crippen LogP contribution in [0.3, 0.4) is 0 Å². The highest BCUT2D eigenvalue weighted by molar-refractivity contribution is 7.89. The smallest absolute Gasteiger partial charge is 0.490 e. The predicted octanol–water partition coefficient (Wildman–Crippen LogP) is -4.53. The number of imidazole rings is 2. The van der Waals surface area contributed by atoms with E-state index >= 15 is 0 Å². The van der Waals surface area contributed by atoms with Gasteiger partial charge in [0.1, 0.15) is 54.6 Å². The number of sulfonamides is 1. The average molecular weight is 1240 g/mol. The largest absolute Gasteiger partial charge is 0.756 e. The van der Waals surface area contributed by atoms with Crippen molar-refractivity contribution in [1.82, 2.24) is 48.3 Å². The average Bonchev–Trinajstić information content (AvgIpc) is 4.33. The molecule has 39 nitrogen and oxygen atoms in total. The number of aromatic amines is 2. The summed E-state index contributed by atoms with van der Waals surface area (Å²) in [4.78, 5) is 102. The minimum absolute atomic E-state index is 0.0164. The second-order valence-electron chi connectivity index (χ2n) is 17.9. The first-order chi connectivity index (χ1) is 37.4. The molecular formula is C36H53N13O26P4S. The number of unbranched alkanes of at least 4 members (excludes halogenated alkanes) is 1. The number of methoxy groups -OCH3 is 1. The molecular weight excluding hydrogens is 1190 g/mol. The fourth-order valence-electron chi connectivity index (χ4n) is 8.75. The van der Waals surface area contributed by atoms with E-state index in [-0.39, 0.29) is 46.3 Å². The van der Waals surface area contributed by atoms with Crippen molar-refractivity contribution in [2.24, 2.45) is 13.0 Å². The van der Waals surface area contributed by atoms with Crippen molar-refractivity contribution in [3.8, 4) is 0 Å². The first-order valence-electron chi connectivity index (χ1n) is 23.3. The molecule has 0 bridgehead atoms. The van der Waals surface area contributed by atoms with Crippen molar-refractivity contribution in [1.29, 1.82) is 0 Å². The van der Waals surface area contributed by atoms with Crippen LogP contribution in [0.4, 0.5) is 11.8 Å². The number of H-pyrrole nitrogens is 2. The van der Waals surface area contributed by atoms with E-state index in [0.717, 1.165) is 41.2 Å². The van der Waals surface area contributed by atoms with Crippen LogP contribution in [-0.2, 0) is 81.0 Å². The van der Waals surface area contributed by atoms with Crippen LogP contribution in [0, 0.1) is 5.92 Å². The summed E-state index contributed by atoms with van der Waals surface area (Å²) >= 11 is 0. The zero-order valence-electron chi connectivity index (χ0n) is 41.5. The number of phosphoric acid groups is 4. The quantitative estimate of drug-likeness (QED) is 0.0194. The van der Waals surface area contributed by atoms with Crippen molar-refractivity contribution >= 4 is 75.4 Å². The lowest BCUT2D eigenvalue weighted by atomic mass is 9.98. The molecule has 0 spiro atoms. The predicted molar refractivity (Wildman–Crippen MR) is 260 cm³/mol. The molecule has 0 radical (unpaired) electrons. The third-order valence-electron chi connectivity index (χ3n) is 12.4. The highest BCUT2D eigenvalue weighted by Gasteiger charge is 2.53. The standard InChI is InChI=1S/C36H53N13O26P4S/c1-4-5-8-80(64,65)42-9-16-17(70-32(23(16)51)49-15-46(2)22-30(49)44-35(38)45-31(22)54)10-68-77(58,59)74-79(62,63)75-78(60,61)69-12-19-26(27(66-3)34(72-19)48-14-41-21-28(37)39-13-40-29(21)48)73-76(56,57)67-11-18-24(52)25(53)33(71-18)47-7-6-20(50)43-36(47)55/h6-7,13-19,23-27,32-34,42,51-53H,4-5,8-12H2,1-3H3,(H9-,37,38,39,40,43,44,45,50,54,55,56,57,58,59,60,61,62,63)/t16-,17-,18-,19?,23-,24-,25-,26-,27-,32-,33-,34-/m1/s1. The molecule has 0 aromatic carbocycles. The third-order valence-corrected chi connectivity index (χ3v) is 19.1. The molecule has 8 rings (SSSR count). The first-order valence-corrected chi connectivity index (χ1v) is 30.9. The Balaban J connectivity index is 0.954. The van der Waals surface area contributed by atoms with Crippen molar-refractivity contribution in [2.45, 2.75) is 87.3 Å². The van der Waals surface area contributed by atoms with E-state index in [1.54, 1.807) is 6.92 Å². The number of aryl methyl sites for hydroxylation is 1. The van der Waals surface area contributed by atoms with Crippen LogP contribution < -0.4 is 42.5 Å². The second kappa shape index (κ2) is 23.9. The van der Waals surface area contributed by atoms with Crippen LogP contribution >= 0.6 is 31.3 Å².